The third kappa shape index (κ3) is 4.06. The summed E-state index contributed by atoms with van der Waals surface area (Å²) < 4.78 is 0. The monoisotopic (exact) mass is 388 g/mol. The second kappa shape index (κ2) is 7.35. The van der Waals surface area contributed by atoms with E-state index in [-0.39, 0.29) is 34.1 Å². The molecule has 160 valence electrons. The van der Waals surface area contributed by atoms with Crippen molar-refractivity contribution in [3.05, 3.63) is 0 Å². The fourth-order valence-electron chi connectivity index (χ4n) is 6.76. The molecule has 3 unspecified atom stereocenters. The van der Waals surface area contributed by atoms with Gasteiger partial charge in [-0.15, -0.1) is 5.73 Å². The molecular weight excluding hydrogens is 344 g/mol. The zero-order chi connectivity index (χ0) is 21.0. The van der Waals surface area contributed by atoms with E-state index in [9.17, 15) is 5.73 Å². The van der Waals surface area contributed by atoms with E-state index in [1.54, 1.807) is 0 Å². The number of nitrogens with zero attached hydrogens (tertiary/aromatic N) is 3. The van der Waals surface area contributed by atoms with Crippen LogP contribution >= 0.6 is 0 Å². The summed E-state index contributed by atoms with van der Waals surface area (Å²) in [6, 6.07) is -0.182. The lowest BCUT2D eigenvalue weighted by Gasteiger charge is -2.60. The number of piperidine rings is 2. The summed E-state index contributed by atoms with van der Waals surface area (Å²) in [7, 11) is 0. The van der Waals surface area contributed by atoms with E-state index in [0.717, 1.165) is 25.1 Å². The van der Waals surface area contributed by atoms with Gasteiger partial charge in [0.05, 0.1) is 23.3 Å². The predicted octanol–water partition coefficient (Wildman–Crippen LogP) is 4.63. The molecule has 0 spiro atoms. The molecule has 0 amide bonds. The van der Waals surface area contributed by atoms with Crippen LogP contribution in [0.3, 0.4) is 0 Å². The zero-order valence-electron chi connectivity index (χ0n) is 19.7. The van der Waals surface area contributed by atoms with E-state index in [1.807, 2.05) is 0 Å². The lowest BCUT2D eigenvalue weighted by molar-refractivity contribution is -0.0349. The van der Waals surface area contributed by atoms with Crippen LogP contribution in [-0.4, -0.2) is 51.4 Å². The highest BCUT2D eigenvalue weighted by Gasteiger charge is 2.55. The Kier molecular flexibility index (Phi) is 5.84. The molecule has 3 aliphatic heterocycles. The van der Waals surface area contributed by atoms with Gasteiger partial charge in [0, 0.05) is 16.6 Å². The van der Waals surface area contributed by atoms with Crippen molar-refractivity contribution in [3.63, 3.8) is 0 Å². The van der Waals surface area contributed by atoms with E-state index in [1.165, 1.54) is 32.1 Å². The maximum atomic E-state index is 11.5. The van der Waals surface area contributed by atoms with E-state index in [2.05, 4.69) is 65.6 Å². The van der Waals surface area contributed by atoms with Crippen LogP contribution in [0, 0.1) is 5.92 Å². The number of hydrogen-bond acceptors (Lipinski definition) is 3. The fourth-order valence-corrected chi connectivity index (χ4v) is 6.76. The summed E-state index contributed by atoms with van der Waals surface area (Å²) in [5.74, 6) is 0.208. The Morgan fingerprint density at radius 2 is 1.50 bits per heavy atom. The van der Waals surface area contributed by atoms with Gasteiger partial charge in [-0.2, -0.15) is 0 Å². The van der Waals surface area contributed by atoms with Gasteiger partial charge < -0.3 is 5.32 Å². The van der Waals surface area contributed by atoms with Gasteiger partial charge in [-0.05, 0) is 86.6 Å². The van der Waals surface area contributed by atoms with Gasteiger partial charge in [-0.25, -0.2) is 0 Å². The lowest BCUT2D eigenvalue weighted by atomic mass is 9.65. The normalized spacial score (nSPS) is 40.5. The maximum Gasteiger partial charge on any atom is 0.0873 e. The molecule has 3 aliphatic rings. The highest BCUT2D eigenvalue weighted by atomic mass is 15.3. The Bertz CT molecular complexity index is 590. The van der Waals surface area contributed by atoms with Crippen LogP contribution in [0.4, 0.5) is 0 Å². The van der Waals surface area contributed by atoms with E-state index >= 15 is 0 Å². The first-order valence-electron chi connectivity index (χ1n) is 11.6. The molecule has 1 N–H and O–H groups in total. The van der Waals surface area contributed by atoms with Crippen molar-refractivity contribution in [2.45, 2.75) is 135 Å². The molecular formula is C24H44N4. The number of rotatable bonds is 1. The van der Waals surface area contributed by atoms with Crippen LogP contribution in [-0.2, 0) is 0 Å². The summed E-state index contributed by atoms with van der Waals surface area (Å²) >= 11 is 0. The summed E-state index contributed by atoms with van der Waals surface area (Å²) in [5.41, 5.74) is 12.5. The standard InChI is InChI=1S/C24H44N4/c1-17-19(25)20(26-18-15-21(2,3)27-22(4,5)16-18)23(6,7)28-14-12-10-9-11-13-24(17,28)8/h17-19,27H,9-16H2,1-8H3. The van der Waals surface area contributed by atoms with Crippen LogP contribution in [0.15, 0.2) is 4.99 Å². The summed E-state index contributed by atoms with van der Waals surface area (Å²) in [5, 5.41) is 3.76. The van der Waals surface area contributed by atoms with Crippen LogP contribution in [0.25, 0.3) is 0 Å². The highest BCUT2D eigenvalue weighted by Crippen LogP contribution is 2.45. The van der Waals surface area contributed by atoms with Gasteiger partial charge in [0.15, 0.2) is 0 Å². The quantitative estimate of drug-likeness (QED) is 0.712. The number of hydrogen-bond donors (Lipinski definition) is 1. The molecule has 4 heteroatoms. The summed E-state index contributed by atoms with van der Waals surface area (Å²) in [4.78, 5) is 8.03. The fraction of sp³-hybridized carbons (Fsp3) is 0.958. The second-order valence-electron chi connectivity index (χ2n) is 11.9. The summed E-state index contributed by atoms with van der Waals surface area (Å²) in [6.45, 7) is 19.5. The molecule has 3 heterocycles. The number of nitrogens with one attached hydrogen (secondary N) is 1. The van der Waals surface area contributed by atoms with Crippen molar-refractivity contribution in [2.75, 3.05) is 6.54 Å². The second-order valence-corrected chi connectivity index (χ2v) is 11.9. The Labute approximate surface area is 174 Å². The molecule has 0 aromatic heterocycles. The van der Waals surface area contributed by atoms with Crippen molar-refractivity contribution in [3.8, 4) is 0 Å². The molecule has 3 fully saturated rings. The SMILES string of the molecule is CC1C([N])C(=NC2CC(C)(C)NC(C)(C)C2)C(C)(C)N2CCCCCCC12C. The van der Waals surface area contributed by atoms with Gasteiger partial charge in [0.2, 0.25) is 0 Å². The Morgan fingerprint density at radius 1 is 0.929 bits per heavy atom. The lowest BCUT2D eigenvalue weighted by Crippen LogP contribution is -2.72. The van der Waals surface area contributed by atoms with Crippen molar-refractivity contribution in [1.82, 2.24) is 16.0 Å². The summed E-state index contributed by atoms with van der Waals surface area (Å²) in [6.07, 6.45) is 8.39. The first kappa shape index (κ1) is 22.2. The molecule has 0 bridgehead atoms. The predicted molar refractivity (Wildman–Crippen MR) is 119 cm³/mol. The average Bonchev–Trinajstić information content (AvgIpc) is 2.50. The van der Waals surface area contributed by atoms with Crippen molar-refractivity contribution in [1.29, 1.82) is 0 Å². The maximum absolute atomic E-state index is 11.5. The third-order valence-corrected chi connectivity index (χ3v) is 7.96. The van der Waals surface area contributed by atoms with E-state index in [0.29, 0.717) is 0 Å². The van der Waals surface area contributed by atoms with Gasteiger partial charge in [-0.1, -0.05) is 26.2 Å². The van der Waals surface area contributed by atoms with Gasteiger partial charge >= 0.3 is 0 Å². The molecule has 0 aliphatic carbocycles. The van der Waals surface area contributed by atoms with Crippen LogP contribution in [0.1, 0.15) is 100 Å². The first-order chi connectivity index (χ1) is 12.8. The largest absolute Gasteiger partial charge is 0.307 e. The Morgan fingerprint density at radius 3 is 2.11 bits per heavy atom. The smallest absolute Gasteiger partial charge is 0.0873 e. The van der Waals surface area contributed by atoms with Crippen LogP contribution in [0.5, 0.6) is 0 Å². The number of aliphatic imine (C=N–C) groups is 1. The highest BCUT2D eigenvalue weighted by molar-refractivity contribution is 5.98. The minimum atomic E-state index is -0.447. The van der Waals surface area contributed by atoms with Crippen molar-refractivity contribution < 1.29 is 0 Å². The van der Waals surface area contributed by atoms with E-state index < -0.39 is 6.04 Å². The molecule has 3 rings (SSSR count). The molecule has 0 saturated carbocycles. The molecule has 3 saturated heterocycles. The minimum Gasteiger partial charge on any atom is -0.307 e. The third-order valence-electron chi connectivity index (χ3n) is 7.96. The van der Waals surface area contributed by atoms with Crippen molar-refractivity contribution in [2.24, 2.45) is 10.9 Å². The zero-order valence-corrected chi connectivity index (χ0v) is 19.7. The number of fused-ring (bicyclic) bond motifs is 1. The van der Waals surface area contributed by atoms with Crippen LogP contribution in [0.2, 0.25) is 0 Å². The van der Waals surface area contributed by atoms with Gasteiger partial charge in [-0.3, -0.25) is 9.89 Å². The topological polar surface area (TPSA) is 49.9 Å². The van der Waals surface area contributed by atoms with E-state index in [4.69, 9.17) is 4.99 Å². The minimum absolute atomic E-state index is 0.0506. The molecule has 3 atom stereocenters. The molecule has 0 aromatic rings. The van der Waals surface area contributed by atoms with Gasteiger partial charge in [0.1, 0.15) is 0 Å². The molecule has 4 nitrogen and oxygen atoms in total. The Hall–Kier alpha value is -0.450. The van der Waals surface area contributed by atoms with Crippen molar-refractivity contribution >= 4 is 5.71 Å². The van der Waals surface area contributed by atoms with Crippen LogP contribution < -0.4 is 11.1 Å². The first-order valence-corrected chi connectivity index (χ1v) is 11.6. The molecule has 2 radical (unpaired) electrons. The molecule has 0 aromatic carbocycles. The Balaban J connectivity index is 1.97. The molecule has 28 heavy (non-hydrogen) atoms. The van der Waals surface area contributed by atoms with Gasteiger partial charge in [0.25, 0.3) is 0 Å². The average molecular weight is 389 g/mol.